The minimum Gasteiger partial charge on any atom is -0.278 e. The largest absolute Gasteiger partial charge is 0.278 e. The van der Waals surface area contributed by atoms with E-state index in [0.717, 1.165) is 33.2 Å². The van der Waals surface area contributed by atoms with Gasteiger partial charge in [0, 0.05) is 21.7 Å². The Hall–Kier alpha value is -6.84. The second-order valence-corrected chi connectivity index (χ2v) is 14.0. The number of nitrogens with zero attached hydrogens (tertiary/aromatic N) is 3. The summed E-state index contributed by atoms with van der Waals surface area (Å²) in [5.41, 5.74) is 15.4. The van der Waals surface area contributed by atoms with Crippen molar-refractivity contribution >= 4 is 43.5 Å². The maximum atomic E-state index is 5.34. The summed E-state index contributed by atoms with van der Waals surface area (Å²) in [5.74, 6) is 0.673. The van der Waals surface area contributed by atoms with Gasteiger partial charge in [0.05, 0.1) is 27.7 Å². The van der Waals surface area contributed by atoms with Gasteiger partial charge in [-0.2, -0.15) is 0 Å². The lowest BCUT2D eigenvalue weighted by atomic mass is 9.69. The van der Waals surface area contributed by atoms with Gasteiger partial charge in [-0.1, -0.05) is 158 Å². The molecule has 0 radical (unpaired) electrons. The van der Waals surface area contributed by atoms with Crippen molar-refractivity contribution in [2.24, 2.45) is 0 Å². The zero-order valence-corrected chi connectivity index (χ0v) is 28.1. The molecule has 0 aliphatic heterocycles. The van der Waals surface area contributed by atoms with Gasteiger partial charge in [-0.3, -0.25) is 4.57 Å². The number of fused-ring (bicyclic) bond motifs is 17. The lowest BCUT2D eigenvalue weighted by molar-refractivity contribution is 0.801. The molecule has 0 fully saturated rings. The molecule has 2 aliphatic carbocycles. The van der Waals surface area contributed by atoms with Crippen LogP contribution in [0.25, 0.3) is 82.9 Å². The molecule has 8 aromatic carbocycles. The molecule has 3 heteroatoms. The first-order valence-corrected chi connectivity index (χ1v) is 17.9. The van der Waals surface area contributed by atoms with Gasteiger partial charge in [-0.25, -0.2) is 9.97 Å². The van der Waals surface area contributed by atoms with Crippen molar-refractivity contribution in [2.75, 3.05) is 0 Å². The van der Waals surface area contributed by atoms with Crippen LogP contribution in [0.1, 0.15) is 22.3 Å². The molecule has 10 aromatic rings. The van der Waals surface area contributed by atoms with Crippen LogP contribution in [0, 0.1) is 0 Å². The fourth-order valence-electron chi connectivity index (χ4n) is 9.67. The lowest BCUT2D eigenvalue weighted by Gasteiger charge is -2.31. The summed E-state index contributed by atoms with van der Waals surface area (Å²) in [4.78, 5) is 10.6. The third-order valence-electron chi connectivity index (χ3n) is 11.6. The van der Waals surface area contributed by atoms with E-state index in [1.807, 2.05) is 6.07 Å². The summed E-state index contributed by atoms with van der Waals surface area (Å²) >= 11 is 0. The molecule has 0 saturated heterocycles. The van der Waals surface area contributed by atoms with Gasteiger partial charge in [0.1, 0.15) is 0 Å². The fraction of sp³-hybridized carbons (Fsp3) is 0.0204. The predicted octanol–water partition coefficient (Wildman–Crippen LogP) is 11.9. The summed E-state index contributed by atoms with van der Waals surface area (Å²) in [7, 11) is 0. The molecule has 0 unspecified atom stereocenters. The van der Waals surface area contributed by atoms with Gasteiger partial charge in [0.15, 0.2) is 0 Å². The molecule has 12 rings (SSSR count). The van der Waals surface area contributed by atoms with Gasteiger partial charge in [-0.15, -0.1) is 0 Å². The molecule has 0 bridgehead atoms. The molecule has 0 amide bonds. The summed E-state index contributed by atoms with van der Waals surface area (Å²) in [5, 5.41) is 5.97. The Labute approximate surface area is 300 Å². The molecule has 2 aromatic heterocycles. The highest BCUT2D eigenvalue weighted by Gasteiger charge is 2.52. The first-order valence-electron chi connectivity index (χ1n) is 17.9. The number of hydrogen-bond acceptors (Lipinski definition) is 2. The average Bonchev–Trinajstić information content (AvgIpc) is 3.83. The van der Waals surface area contributed by atoms with E-state index in [0.29, 0.717) is 5.95 Å². The highest BCUT2D eigenvalue weighted by Crippen LogP contribution is 2.64. The Morgan fingerprint density at radius 3 is 1.69 bits per heavy atom. The van der Waals surface area contributed by atoms with E-state index in [1.54, 1.807) is 0 Å². The van der Waals surface area contributed by atoms with Gasteiger partial charge in [0.25, 0.3) is 0 Å². The van der Waals surface area contributed by atoms with Crippen molar-refractivity contribution in [3.63, 3.8) is 0 Å². The van der Waals surface area contributed by atoms with Crippen molar-refractivity contribution < 1.29 is 0 Å². The van der Waals surface area contributed by atoms with Crippen LogP contribution < -0.4 is 0 Å². The molecule has 52 heavy (non-hydrogen) atoms. The predicted molar refractivity (Wildman–Crippen MR) is 213 cm³/mol. The third-order valence-corrected chi connectivity index (χ3v) is 11.6. The average molecular weight is 660 g/mol. The van der Waals surface area contributed by atoms with Crippen LogP contribution in [-0.4, -0.2) is 14.5 Å². The zero-order chi connectivity index (χ0) is 34.0. The normalized spacial score (nSPS) is 13.5. The first kappa shape index (κ1) is 27.9. The molecule has 3 nitrogen and oxygen atoms in total. The van der Waals surface area contributed by atoms with Crippen LogP contribution >= 0.6 is 0 Å². The SMILES string of the molecule is c1ccc(-c2nc(-n3c4ccccc4c4c5ccc6c(c5ccc43)C3(c4ccccc4-c4ccccc43)c3ccccc3-6)nc3ccccc23)cc1. The van der Waals surface area contributed by atoms with Gasteiger partial charge in [-0.05, 0) is 73.5 Å². The molecule has 0 atom stereocenters. The topological polar surface area (TPSA) is 30.7 Å². The molecule has 0 N–H and O–H groups in total. The van der Waals surface area contributed by atoms with Crippen LogP contribution in [0.5, 0.6) is 0 Å². The maximum Gasteiger partial charge on any atom is 0.235 e. The minimum atomic E-state index is -0.420. The Kier molecular flexibility index (Phi) is 5.43. The van der Waals surface area contributed by atoms with E-state index >= 15 is 0 Å². The van der Waals surface area contributed by atoms with E-state index < -0.39 is 5.41 Å². The van der Waals surface area contributed by atoms with Crippen molar-refractivity contribution in [2.45, 2.75) is 5.41 Å². The Bertz CT molecular complexity index is 3070. The Morgan fingerprint density at radius 2 is 0.962 bits per heavy atom. The molecule has 2 heterocycles. The number of rotatable bonds is 2. The van der Waals surface area contributed by atoms with Crippen LogP contribution in [0.15, 0.2) is 176 Å². The van der Waals surface area contributed by atoms with E-state index in [2.05, 4.69) is 174 Å². The lowest BCUT2D eigenvalue weighted by Crippen LogP contribution is -2.26. The molecule has 0 saturated carbocycles. The Morgan fingerprint density at radius 1 is 0.385 bits per heavy atom. The zero-order valence-electron chi connectivity index (χ0n) is 28.1. The molecule has 2 aliphatic rings. The van der Waals surface area contributed by atoms with Crippen molar-refractivity contribution in [3.8, 4) is 39.5 Å². The number of para-hydroxylation sites is 2. The quantitative estimate of drug-likeness (QED) is 0.185. The molecule has 240 valence electrons. The smallest absolute Gasteiger partial charge is 0.235 e. The minimum absolute atomic E-state index is 0.420. The number of aromatic nitrogens is 3. The van der Waals surface area contributed by atoms with Crippen LogP contribution in [0.2, 0.25) is 0 Å². The van der Waals surface area contributed by atoms with Gasteiger partial charge in [0.2, 0.25) is 5.95 Å². The first-order chi connectivity index (χ1) is 25.8. The van der Waals surface area contributed by atoms with Crippen molar-refractivity contribution in [3.05, 3.63) is 198 Å². The van der Waals surface area contributed by atoms with Gasteiger partial charge < -0.3 is 0 Å². The third kappa shape index (κ3) is 3.40. The van der Waals surface area contributed by atoms with Crippen molar-refractivity contribution in [1.29, 1.82) is 0 Å². The van der Waals surface area contributed by atoms with E-state index in [1.165, 1.54) is 66.1 Å². The summed E-state index contributed by atoms with van der Waals surface area (Å²) in [6.07, 6.45) is 0. The monoisotopic (exact) mass is 659 g/mol. The number of benzene rings is 8. The summed E-state index contributed by atoms with van der Waals surface area (Å²) < 4.78 is 2.26. The van der Waals surface area contributed by atoms with Crippen LogP contribution in [0.3, 0.4) is 0 Å². The second kappa shape index (κ2) is 10.1. The highest BCUT2D eigenvalue weighted by molar-refractivity contribution is 6.23. The van der Waals surface area contributed by atoms with E-state index in [9.17, 15) is 0 Å². The van der Waals surface area contributed by atoms with Crippen molar-refractivity contribution in [1.82, 2.24) is 14.5 Å². The molecular formula is C49H29N3. The number of hydrogen-bond donors (Lipinski definition) is 0. The second-order valence-electron chi connectivity index (χ2n) is 14.0. The van der Waals surface area contributed by atoms with Gasteiger partial charge >= 0.3 is 0 Å². The van der Waals surface area contributed by atoms with Crippen LogP contribution in [-0.2, 0) is 5.41 Å². The van der Waals surface area contributed by atoms with E-state index in [4.69, 9.17) is 9.97 Å². The highest BCUT2D eigenvalue weighted by atomic mass is 15.2. The molecule has 1 spiro atoms. The maximum absolute atomic E-state index is 5.34. The summed E-state index contributed by atoms with van der Waals surface area (Å²) in [6.45, 7) is 0. The fourth-order valence-corrected chi connectivity index (χ4v) is 9.67. The van der Waals surface area contributed by atoms with E-state index in [-0.39, 0.29) is 0 Å². The van der Waals surface area contributed by atoms with Crippen LogP contribution in [0.4, 0.5) is 0 Å². The standard InChI is InChI=1S/C49H29N3/c1-2-14-30(15-3-1)47-37-19-7-12-24-42(37)50-48(51-47)52-43-25-13-8-20-38(43)45-34-26-27-35-33-18-6-11-23-41(33)49(46(35)36(34)28-29-44(45)52)39-21-9-4-16-31(39)32-17-5-10-22-40(32)49/h1-29H. The summed E-state index contributed by atoms with van der Waals surface area (Å²) in [6, 6.07) is 64.0. The Balaban J connectivity index is 1.21. The molecular weight excluding hydrogens is 631 g/mol.